The summed E-state index contributed by atoms with van der Waals surface area (Å²) in [7, 11) is 0. The van der Waals surface area contributed by atoms with Gasteiger partial charge in [-0.15, -0.1) is 11.3 Å². The van der Waals surface area contributed by atoms with Crippen molar-refractivity contribution in [2.45, 2.75) is 32.3 Å². The highest BCUT2D eigenvalue weighted by molar-refractivity contribution is 7.14. The predicted molar refractivity (Wildman–Crippen MR) is 67.3 cm³/mol. The molecule has 0 bridgehead atoms. The van der Waals surface area contributed by atoms with Gasteiger partial charge in [0, 0.05) is 23.6 Å². The van der Waals surface area contributed by atoms with Crippen molar-refractivity contribution in [1.82, 2.24) is 0 Å². The van der Waals surface area contributed by atoms with Crippen LogP contribution in [-0.4, -0.2) is 25.3 Å². The Hall–Kier alpha value is -1.07. The number of ether oxygens (including phenoxy) is 2. The minimum atomic E-state index is -0.284. The van der Waals surface area contributed by atoms with Gasteiger partial charge < -0.3 is 15.2 Å². The maximum Gasteiger partial charge on any atom is 0.348 e. The molecular formula is C12H17NO3S. The number of carbonyl (C=O) groups is 1. The molecule has 0 saturated carbocycles. The second-order valence-corrected chi connectivity index (χ2v) is 5.44. The van der Waals surface area contributed by atoms with Gasteiger partial charge in [-0.3, -0.25) is 0 Å². The Morgan fingerprint density at radius 3 is 3.12 bits per heavy atom. The molecule has 0 aromatic carbocycles. The van der Waals surface area contributed by atoms with Gasteiger partial charge in [0.05, 0.1) is 12.7 Å². The van der Waals surface area contributed by atoms with Crippen LogP contribution in [-0.2, 0) is 9.47 Å². The summed E-state index contributed by atoms with van der Waals surface area (Å²) in [6.45, 7) is 3.14. The minimum Gasteiger partial charge on any atom is -0.461 e. The lowest BCUT2D eigenvalue weighted by molar-refractivity contribution is 0.0391. The predicted octanol–water partition coefficient (Wildman–Crippen LogP) is 2.36. The lowest BCUT2D eigenvalue weighted by Crippen LogP contribution is -2.12. The van der Waals surface area contributed by atoms with E-state index >= 15 is 0 Å². The first-order chi connectivity index (χ1) is 8.16. The molecule has 2 heterocycles. The van der Waals surface area contributed by atoms with Gasteiger partial charge in [0.1, 0.15) is 4.88 Å². The van der Waals surface area contributed by atoms with Crippen molar-refractivity contribution in [3.8, 4) is 0 Å². The smallest absolute Gasteiger partial charge is 0.348 e. The summed E-state index contributed by atoms with van der Waals surface area (Å²) in [5.41, 5.74) is 6.34. The van der Waals surface area contributed by atoms with E-state index < -0.39 is 0 Å². The third-order valence-corrected chi connectivity index (χ3v) is 3.90. The lowest BCUT2D eigenvalue weighted by atomic mass is 10.2. The van der Waals surface area contributed by atoms with Crippen molar-refractivity contribution in [1.29, 1.82) is 0 Å². The highest BCUT2D eigenvalue weighted by Crippen LogP contribution is 2.24. The summed E-state index contributed by atoms with van der Waals surface area (Å²) >= 11 is 1.37. The second kappa shape index (κ2) is 5.51. The number of thiophene rings is 1. The van der Waals surface area contributed by atoms with Crippen LogP contribution >= 0.6 is 11.3 Å². The van der Waals surface area contributed by atoms with Crippen LogP contribution in [0.1, 0.15) is 33.8 Å². The molecule has 1 unspecified atom stereocenters. The van der Waals surface area contributed by atoms with E-state index in [9.17, 15) is 4.79 Å². The molecule has 0 aliphatic carbocycles. The summed E-state index contributed by atoms with van der Waals surface area (Å²) in [5.74, 6) is -0.284. The molecule has 4 nitrogen and oxygen atoms in total. The van der Waals surface area contributed by atoms with Crippen molar-refractivity contribution in [3.63, 3.8) is 0 Å². The zero-order chi connectivity index (χ0) is 12.3. The summed E-state index contributed by atoms with van der Waals surface area (Å²) in [5, 5.41) is 0. The minimum absolute atomic E-state index is 0.262. The van der Waals surface area contributed by atoms with Gasteiger partial charge >= 0.3 is 5.97 Å². The lowest BCUT2D eigenvalue weighted by Gasteiger charge is -2.08. The van der Waals surface area contributed by atoms with E-state index in [1.807, 2.05) is 6.92 Å². The SMILES string of the molecule is Cc1sc(C(=O)OCCC2CCCO2)cc1N. The highest BCUT2D eigenvalue weighted by Gasteiger charge is 2.17. The number of hydrogen-bond acceptors (Lipinski definition) is 5. The Labute approximate surface area is 105 Å². The van der Waals surface area contributed by atoms with Gasteiger partial charge in [-0.2, -0.15) is 0 Å². The maximum atomic E-state index is 11.7. The summed E-state index contributed by atoms with van der Waals surface area (Å²) in [6.07, 6.45) is 3.23. The summed E-state index contributed by atoms with van der Waals surface area (Å²) in [6, 6.07) is 1.68. The molecule has 1 aromatic heterocycles. The molecule has 1 atom stereocenters. The zero-order valence-corrected chi connectivity index (χ0v) is 10.7. The van der Waals surface area contributed by atoms with Crippen molar-refractivity contribution >= 4 is 23.0 Å². The molecule has 17 heavy (non-hydrogen) atoms. The quantitative estimate of drug-likeness (QED) is 0.839. The Balaban J connectivity index is 1.76. The molecule has 1 aliphatic heterocycles. The third kappa shape index (κ3) is 3.20. The molecule has 1 aromatic rings. The first-order valence-electron chi connectivity index (χ1n) is 5.81. The first kappa shape index (κ1) is 12.4. The van der Waals surface area contributed by atoms with E-state index in [2.05, 4.69) is 0 Å². The monoisotopic (exact) mass is 255 g/mol. The van der Waals surface area contributed by atoms with Crippen LogP contribution < -0.4 is 5.73 Å². The summed E-state index contributed by atoms with van der Waals surface area (Å²) < 4.78 is 10.6. The Morgan fingerprint density at radius 2 is 2.53 bits per heavy atom. The number of rotatable bonds is 4. The zero-order valence-electron chi connectivity index (χ0n) is 9.90. The van der Waals surface area contributed by atoms with Crippen LogP contribution in [0.4, 0.5) is 5.69 Å². The van der Waals surface area contributed by atoms with Crippen molar-refractivity contribution in [2.75, 3.05) is 18.9 Å². The van der Waals surface area contributed by atoms with Crippen LogP contribution in [0.3, 0.4) is 0 Å². The Kier molecular flexibility index (Phi) is 4.02. The average Bonchev–Trinajstić information content (AvgIpc) is 2.90. The fourth-order valence-electron chi connectivity index (χ4n) is 1.82. The number of hydrogen-bond donors (Lipinski definition) is 1. The standard InChI is InChI=1S/C12H17NO3S/c1-8-10(13)7-11(17-8)12(14)16-6-4-9-3-2-5-15-9/h7,9H,2-6,13H2,1H3. The van der Waals surface area contributed by atoms with Gasteiger partial charge in [0.25, 0.3) is 0 Å². The fraction of sp³-hybridized carbons (Fsp3) is 0.583. The van der Waals surface area contributed by atoms with Gasteiger partial charge in [-0.05, 0) is 25.8 Å². The molecule has 0 amide bonds. The van der Waals surface area contributed by atoms with Gasteiger partial charge in [-0.25, -0.2) is 4.79 Å². The fourth-order valence-corrected chi connectivity index (χ4v) is 2.66. The Bertz CT molecular complexity index is 377. The van der Waals surface area contributed by atoms with Crippen molar-refractivity contribution in [2.24, 2.45) is 0 Å². The maximum absolute atomic E-state index is 11.7. The Morgan fingerprint density at radius 1 is 1.71 bits per heavy atom. The number of anilines is 1. The van der Waals surface area contributed by atoms with E-state index in [4.69, 9.17) is 15.2 Å². The third-order valence-electron chi connectivity index (χ3n) is 2.85. The molecule has 94 valence electrons. The van der Waals surface area contributed by atoms with E-state index in [1.165, 1.54) is 11.3 Å². The number of aryl methyl sites for hydroxylation is 1. The molecule has 0 radical (unpaired) electrons. The highest BCUT2D eigenvalue weighted by atomic mass is 32.1. The van der Waals surface area contributed by atoms with Crippen LogP contribution in [0.15, 0.2) is 6.07 Å². The van der Waals surface area contributed by atoms with Gasteiger partial charge in [0.15, 0.2) is 0 Å². The van der Waals surface area contributed by atoms with E-state index in [-0.39, 0.29) is 12.1 Å². The van der Waals surface area contributed by atoms with E-state index in [0.717, 1.165) is 30.7 Å². The van der Waals surface area contributed by atoms with Crippen LogP contribution in [0, 0.1) is 6.92 Å². The van der Waals surface area contributed by atoms with E-state index in [0.29, 0.717) is 17.2 Å². The largest absolute Gasteiger partial charge is 0.461 e. The van der Waals surface area contributed by atoms with Crippen molar-refractivity contribution in [3.05, 3.63) is 15.8 Å². The summed E-state index contributed by atoms with van der Waals surface area (Å²) in [4.78, 5) is 13.2. The van der Waals surface area contributed by atoms with Crippen molar-refractivity contribution < 1.29 is 14.3 Å². The number of nitrogens with two attached hydrogens (primary N) is 1. The number of esters is 1. The number of nitrogen functional groups attached to an aromatic ring is 1. The van der Waals surface area contributed by atoms with Crippen LogP contribution in [0.2, 0.25) is 0 Å². The first-order valence-corrected chi connectivity index (χ1v) is 6.63. The van der Waals surface area contributed by atoms with Crippen LogP contribution in [0.5, 0.6) is 0 Å². The van der Waals surface area contributed by atoms with E-state index in [1.54, 1.807) is 6.07 Å². The number of carbonyl (C=O) groups excluding carboxylic acids is 1. The normalized spacial score (nSPS) is 19.5. The molecule has 5 heteroatoms. The molecule has 1 fully saturated rings. The van der Waals surface area contributed by atoms with Gasteiger partial charge in [-0.1, -0.05) is 0 Å². The molecule has 1 aliphatic rings. The second-order valence-electron chi connectivity index (χ2n) is 4.18. The molecule has 2 N–H and O–H groups in total. The topological polar surface area (TPSA) is 61.5 Å². The average molecular weight is 255 g/mol. The van der Waals surface area contributed by atoms with Gasteiger partial charge in [0.2, 0.25) is 0 Å². The molecule has 0 spiro atoms. The molecule has 1 saturated heterocycles. The molecular weight excluding hydrogens is 238 g/mol. The molecule has 2 rings (SSSR count). The van der Waals surface area contributed by atoms with Crippen LogP contribution in [0.25, 0.3) is 0 Å².